The summed E-state index contributed by atoms with van der Waals surface area (Å²) in [5.74, 6) is 1.86. The molecule has 0 N–H and O–H groups in total. The molecule has 0 amide bonds. The van der Waals surface area contributed by atoms with Gasteiger partial charge in [-0.1, -0.05) is 158 Å². The maximum atomic E-state index is 5.25. The Labute approximate surface area is 292 Å². The molecule has 10 aromatic rings. The number of nitrogens with zero attached hydrogens (tertiary/aromatic N) is 4. The largest absolute Gasteiger partial charge is 0.276 e. The predicted molar refractivity (Wildman–Crippen MR) is 209 cm³/mol. The van der Waals surface area contributed by atoms with Gasteiger partial charge in [0.1, 0.15) is 0 Å². The second-order valence-electron chi connectivity index (χ2n) is 12.5. The highest BCUT2D eigenvalue weighted by Gasteiger charge is 2.21. The van der Waals surface area contributed by atoms with Crippen molar-refractivity contribution >= 4 is 53.3 Å². The first kappa shape index (κ1) is 28.6. The van der Waals surface area contributed by atoms with Crippen molar-refractivity contribution in [3.05, 3.63) is 170 Å². The van der Waals surface area contributed by atoms with E-state index in [0.717, 1.165) is 33.3 Å². The number of aromatic nitrogens is 4. The van der Waals surface area contributed by atoms with Crippen LogP contribution in [0.25, 0.3) is 93.0 Å². The molecule has 0 saturated heterocycles. The van der Waals surface area contributed by atoms with Crippen LogP contribution >= 0.6 is 11.3 Å². The molecule has 0 aliphatic carbocycles. The first-order valence-corrected chi connectivity index (χ1v) is 17.5. The molecule has 0 radical (unpaired) electrons. The molecule has 0 saturated carbocycles. The molecule has 0 fully saturated rings. The number of hydrogen-bond acceptors (Lipinski definition) is 4. The molecule has 0 unspecified atom stereocenters. The SMILES string of the molecule is c1ccc(-c2ccc(-c3nc(-c4ccc(-c5ccccc5)cc4)nc(-n4c5ccccc5c5ccc6c7ccccc7sc6c54)n3)cc2)cc1. The number of para-hydroxylation sites is 1. The smallest absolute Gasteiger partial charge is 0.238 e. The molecular formula is C45H28N4S. The lowest BCUT2D eigenvalue weighted by molar-refractivity contribution is 0.955. The van der Waals surface area contributed by atoms with E-state index in [4.69, 9.17) is 15.0 Å². The van der Waals surface area contributed by atoms with E-state index in [1.54, 1.807) is 0 Å². The molecule has 0 spiro atoms. The molecule has 5 heteroatoms. The van der Waals surface area contributed by atoms with E-state index in [2.05, 4.69) is 162 Å². The number of rotatable bonds is 5. The Morgan fingerprint density at radius 2 is 0.840 bits per heavy atom. The number of fused-ring (bicyclic) bond motifs is 7. The van der Waals surface area contributed by atoms with Crippen molar-refractivity contribution in [2.45, 2.75) is 0 Å². The fourth-order valence-corrected chi connectivity index (χ4v) is 8.29. The summed E-state index contributed by atoms with van der Waals surface area (Å²) in [5.41, 5.74) is 8.69. The minimum Gasteiger partial charge on any atom is -0.276 e. The standard InChI is InChI=1S/C45H28N4S/c1-3-11-29(12-4-1)31-19-23-33(24-20-31)43-46-44(34-25-21-32(22-26-34)30-13-5-2-6-14-30)48-45(47-43)49-39-17-9-7-15-35(39)37-27-28-38-36-16-8-10-18-40(36)50-42(38)41(37)49/h1-28H. The minimum absolute atomic E-state index is 0.598. The maximum Gasteiger partial charge on any atom is 0.238 e. The third-order valence-electron chi connectivity index (χ3n) is 9.50. The summed E-state index contributed by atoms with van der Waals surface area (Å²) in [5, 5.41) is 4.86. The van der Waals surface area contributed by atoms with Crippen LogP contribution in [0.5, 0.6) is 0 Å². The highest BCUT2D eigenvalue weighted by molar-refractivity contribution is 7.26. The Bertz CT molecular complexity index is 2740. The van der Waals surface area contributed by atoms with Gasteiger partial charge in [-0.05, 0) is 34.4 Å². The normalized spacial score (nSPS) is 11.6. The summed E-state index contributed by atoms with van der Waals surface area (Å²) in [4.78, 5) is 15.6. The van der Waals surface area contributed by atoms with Crippen molar-refractivity contribution in [1.82, 2.24) is 19.5 Å². The molecule has 0 bridgehead atoms. The van der Waals surface area contributed by atoms with E-state index in [-0.39, 0.29) is 0 Å². The van der Waals surface area contributed by atoms with Crippen LogP contribution in [-0.2, 0) is 0 Å². The van der Waals surface area contributed by atoms with Crippen molar-refractivity contribution in [3.8, 4) is 51.0 Å². The lowest BCUT2D eigenvalue weighted by Gasteiger charge is -2.12. The second-order valence-corrected chi connectivity index (χ2v) is 13.5. The minimum atomic E-state index is 0.598. The van der Waals surface area contributed by atoms with E-state index < -0.39 is 0 Å². The van der Waals surface area contributed by atoms with Crippen molar-refractivity contribution in [3.63, 3.8) is 0 Å². The van der Waals surface area contributed by atoms with Crippen LogP contribution in [0.2, 0.25) is 0 Å². The van der Waals surface area contributed by atoms with E-state index in [1.807, 2.05) is 23.5 Å². The third-order valence-corrected chi connectivity index (χ3v) is 10.7. The quantitative estimate of drug-likeness (QED) is 0.185. The van der Waals surface area contributed by atoms with Gasteiger partial charge in [0.15, 0.2) is 11.6 Å². The Hall–Kier alpha value is -6.43. The fourth-order valence-electron chi connectivity index (χ4n) is 7.05. The average Bonchev–Trinajstić information content (AvgIpc) is 3.75. The predicted octanol–water partition coefficient (Wildman–Crippen LogP) is 12.0. The zero-order valence-corrected chi connectivity index (χ0v) is 27.7. The van der Waals surface area contributed by atoms with Gasteiger partial charge >= 0.3 is 0 Å². The van der Waals surface area contributed by atoms with Gasteiger partial charge < -0.3 is 0 Å². The molecular weight excluding hydrogens is 629 g/mol. The number of hydrogen-bond donors (Lipinski definition) is 0. The Morgan fingerprint density at radius 1 is 0.360 bits per heavy atom. The zero-order chi connectivity index (χ0) is 33.0. The van der Waals surface area contributed by atoms with E-state index >= 15 is 0 Å². The Morgan fingerprint density at radius 3 is 1.46 bits per heavy atom. The Balaban J connectivity index is 1.22. The lowest BCUT2D eigenvalue weighted by atomic mass is 10.0. The molecule has 3 heterocycles. The summed E-state index contributed by atoms with van der Waals surface area (Å²) in [6.45, 7) is 0. The van der Waals surface area contributed by atoms with Gasteiger partial charge in [-0.25, -0.2) is 4.98 Å². The van der Waals surface area contributed by atoms with Gasteiger partial charge in [-0.2, -0.15) is 9.97 Å². The molecule has 4 nitrogen and oxygen atoms in total. The van der Waals surface area contributed by atoms with Gasteiger partial charge in [0, 0.05) is 37.4 Å². The highest BCUT2D eigenvalue weighted by atomic mass is 32.1. The molecule has 0 aliphatic rings. The molecule has 50 heavy (non-hydrogen) atoms. The molecule has 7 aromatic carbocycles. The van der Waals surface area contributed by atoms with Crippen molar-refractivity contribution < 1.29 is 0 Å². The van der Waals surface area contributed by atoms with Crippen LogP contribution in [-0.4, -0.2) is 19.5 Å². The average molecular weight is 657 g/mol. The van der Waals surface area contributed by atoms with Gasteiger partial charge in [-0.15, -0.1) is 11.3 Å². The first-order valence-electron chi connectivity index (χ1n) is 16.7. The van der Waals surface area contributed by atoms with Crippen LogP contribution in [0.3, 0.4) is 0 Å². The fraction of sp³-hybridized carbons (Fsp3) is 0. The summed E-state index contributed by atoms with van der Waals surface area (Å²) in [6.07, 6.45) is 0. The summed E-state index contributed by atoms with van der Waals surface area (Å²) in [7, 11) is 0. The molecule has 0 aliphatic heterocycles. The summed E-state index contributed by atoms with van der Waals surface area (Å²) in [6, 6.07) is 59.6. The van der Waals surface area contributed by atoms with Gasteiger partial charge in [0.25, 0.3) is 0 Å². The molecule has 0 atom stereocenters. The molecule has 234 valence electrons. The highest BCUT2D eigenvalue weighted by Crippen LogP contribution is 2.42. The lowest BCUT2D eigenvalue weighted by Crippen LogP contribution is -2.06. The van der Waals surface area contributed by atoms with E-state index in [1.165, 1.54) is 42.1 Å². The van der Waals surface area contributed by atoms with Crippen LogP contribution < -0.4 is 0 Å². The topological polar surface area (TPSA) is 43.6 Å². The summed E-state index contributed by atoms with van der Waals surface area (Å²) < 4.78 is 4.73. The van der Waals surface area contributed by atoms with Gasteiger partial charge in [0.2, 0.25) is 5.95 Å². The maximum absolute atomic E-state index is 5.25. The van der Waals surface area contributed by atoms with Crippen LogP contribution in [0, 0.1) is 0 Å². The Kier molecular flexibility index (Phi) is 6.64. The van der Waals surface area contributed by atoms with Crippen LogP contribution in [0.4, 0.5) is 0 Å². The van der Waals surface area contributed by atoms with Crippen molar-refractivity contribution in [1.29, 1.82) is 0 Å². The number of benzene rings is 7. The third kappa shape index (κ3) is 4.71. The van der Waals surface area contributed by atoms with Crippen LogP contribution in [0.15, 0.2) is 170 Å². The van der Waals surface area contributed by atoms with Gasteiger partial charge in [0.05, 0.1) is 15.7 Å². The van der Waals surface area contributed by atoms with Gasteiger partial charge in [-0.3, -0.25) is 4.57 Å². The molecule has 10 rings (SSSR count). The van der Waals surface area contributed by atoms with Crippen molar-refractivity contribution in [2.75, 3.05) is 0 Å². The van der Waals surface area contributed by atoms with Crippen LogP contribution in [0.1, 0.15) is 0 Å². The monoisotopic (exact) mass is 656 g/mol. The first-order chi connectivity index (χ1) is 24.8. The number of thiophene rings is 1. The summed E-state index contributed by atoms with van der Waals surface area (Å²) >= 11 is 1.82. The second kappa shape index (κ2) is 11.6. The van der Waals surface area contributed by atoms with E-state index in [0.29, 0.717) is 17.6 Å². The van der Waals surface area contributed by atoms with E-state index in [9.17, 15) is 0 Å². The zero-order valence-electron chi connectivity index (χ0n) is 26.9. The van der Waals surface area contributed by atoms with Crippen molar-refractivity contribution in [2.24, 2.45) is 0 Å². The molecule has 3 aromatic heterocycles.